The van der Waals surface area contributed by atoms with Gasteiger partial charge in [0.15, 0.2) is 0 Å². The molecule has 0 unspecified atom stereocenters. The van der Waals surface area contributed by atoms with Gasteiger partial charge in [-0.1, -0.05) is 205 Å². The highest BCUT2D eigenvalue weighted by atomic mass is 15.1. The molecule has 0 radical (unpaired) electrons. The topological polar surface area (TPSA) is 6.48 Å². The summed E-state index contributed by atoms with van der Waals surface area (Å²) in [7, 11) is 0. The van der Waals surface area contributed by atoms with Gasteiger partial charge in [0.2, 0.25) is 0 Å². The van der Waals surface area contributed by atoms with Gasteiger partial charge in [-0.3, -0.25) is 0 Å². The molecule has 10 aromatic carbocycles. The van der Waals surface area contributed by atoms with E-state index in [1.54, 1.807) is 0 Å². The zero-order chi connectivity index (χ0) is 48.2. The van der Waals surface area contributed by atoms with Gasteiger partial charge in [-0.15, -0.1) is 0 Å². The molecule has 0 atom stereocenters. The molecule has 0 spiro atoms. The summed E-state index contributed by atoms with van der Waals surface area (Å²) in [5, 5.41) is 2.47. The van der Waals surface area contributed by atoms with Crippen LogP contribution in [0, 0.1) is 0 Å². The molecule has 13 rings (SSSR count). The molecule has 0 aliphatic heterocycles. The normalized spacial score (nSPS) is 14.9. The molecule has 3 aliphatic rings. The van der Waals surface area contributed by atoms with Crippen LogP contribution >= 0.6 is 0 Å². The average molecular weight is 913 g/mol. The van der Waals surface area contributed by atoms with Gasteiger partial charge in [0.05, 0.1) is 5.69 Å². The molecule has 0 N–H and O–H groups in total. The fourth-order valence-electron chi connectivity index (χ4n) is 12.4. The number of para-hydroxylation sites is 2. The molecule has 71 heavy (non-hydrogen) atoms. The Labute approximate surface area is 418 Å². The number of rotatable bonds is 8. The van der Waals surface area contributed by atoms with Crippen molar-refractivity contribution in [1.29, 1.82) is 0 Å². The first-order chi connectivity index (χ1) is 34.5. The standard InChI is InChI=1S/C69H56N2/c1-67(2)60-26-16-15-25-54(60)57-38-33-51(43-63(57)67)71(66-27-17-19-47-18-13-14-24-53(47)66)52-34-39-59-56-36-31-46(41-62(56)69(5,6)65(59)44-52)29-28-45-30-35-55-58-37-32-50(42-64(58)68(3,4)61(55)40-45)70(48-20-9-7-10-21-48)49-22-11-8-12-23-49/h7-44H,1-6H3. The van der Waals surface area contributed by atoms with Crippen molar-refractivity contribution >= 4 is 57.0 Å². The summed E-state index contributed by atoms with van der Waals surface area (Å²) in [4.78, 5) is 4.85. The highest BCUT2D eigenvalue weighted by molar-refractivity contribution is 6.00. The molecule has 3 aliphatic carbocycles. The Morgan fingerprint density at radius 1 is 0.282 bits per heavy atom. The largest absolute Gasteiger partial charge is 0.310 e. The monoisotopic (exact) mass is 912 g/mol. The van der Waals surface area contributed by atoms with Gasteiger partial charge in [-0.2, -0.15) is 0 Å². The second-order valence-electron chi connectivity index (χ2n) is 21.4. The molecule has 10 aromatic rings. The fourth-order valence-corrected chi connectivity index (χ4v) is 12.4. The van der Waals surface area contributed by atoms with Crippen molar-refractivity contribution in [2.75, 3.05) is 9.80 Å². The second kappa shape index (κ2) is 15.9. The Morgan fingerprint density at radius 2 is 0.662 bits per heavy atom. The van der Waals surface area contributed by atoms with Gasteiger partial charge < -0.3 is 9.80 Å². The first-order valence-electron chi connectivity index (χ1n) is 25.2. The maximum absolute atomic E-state index is 2.49. The number of benzene rings is 10. The summed E-state index contributed by atoms with van der Waals surface area (Å²) < 4.78 is 0. The molecule has 0 bridgehead atoms. The Morgan fingerprint density at radius 3 is 1.18 bits per heavy atom. The third-order valence-corrected chi connectivity index (χ3v) is 16.2. The molecule has 342 valence electrons. The van der Waals surface area contributed by atoms with Crippen molar-refractivity contribution in [2.24, 2.45) is 0 Å². The minimum atomic E-state index is -0.213. The van der Waals surface area contributed by atoms with Crippen LogP contribution in [-0.2, 0) is 16.2 Å². The van der Waals surface area contributed by atoms with Crippen molar-refractivity contribution < 1.29 is 0 Å². The lowest BCUT2D eigenvalue weighted by atomic mass is 9.81. The SMILES string of the molecule is CC1(C)c2cc(C=Cc3ccc4c(c3)C(C)(C)c3cc(N(c5ccc6c(c5)C(C)(C)c5ccccc5-6)c5cccc6ccccc56)ccc3-4)ccc2-c2ccc(N(c3ccccc3)c3ccccc3)cc21. The van der Waals surface area contributed by atoms with Crippen molar-refractivity contribution in [3.8, 4) is 33.4 Å². The van der Waals surface area contributed by atoms with Crippen molar-refractivity contribution in [3.05, 3.63) is 263 Å². The summed E-state index contributed by atoms with van der Waals surface area (Å²) in [6.07, 6.45) is 4.60. The Bertz CT molecular complexity index is 3750. The molecule has 0 aromatic heterocycles. The minimum absolute atomic E-state index is 0.109. The number of hydrogen-bond donors (Lipinski definition) is 0. The number of hydrogen-bond acceptors (Lipinski definition) is 2. The van der Waals surface area contributed by atoms with E-state index in [2.05, 4.69) is 282 Å². The maximum atomic E-state index is 2.49. The van der Waals surface area contributed by atoms with E-state index in [9.17, 15) is 0 Å². The zero-order valence-corrected chi connectivity index (χ0v) is 41.3. The summed E-state index contributed by atoms with van der Waals surface area (Å²) >= 11 is 0. The van der Waals surface area contributed by atoms with Gasteiger partial charge in [-0.25, -0.2) is 0 Å². The van der Waals surface area contributed by atoms with E-state index < -0.39 is 0 Å². The van der Waals surface area contributed by atoms with Crippen molar-refractivity contribution in [3.63, 3.8) is 0 Å². The summed E-state index contributed by atoms with van der Waals surface area (Å²) in [5.74, 6) is 0. The summed E-state index contributed by atoms with van der Waals surface area (Å²) in [5.41, 5.74) is 25.0. The third kappa shape index (κ3) is 6.69. The molecule has 0 saturated carbocycles. The van der Waals surface area contributed by atoms with Crippen LogP contribution in [0.5, 0.6) is 0 Å². The smallest absolute Gasteiger partial charge is 0.0540 e. The summed E-state index contributed by atoms with van der Waals surface area (Å²) in [6, 6.07) is 81.2. The van der Waals surface area contributed by atoms with Crippen LogP contribution in [0.15, 0.2) is 218 Å². The van der Waals surface area contributed by atoms with E-state index in [0.29, 0.717) is 0 Å². The first-order valence-corrected chi connectivity index (χ1v) is 25.2. The summed E-state index contributed by atoms with van der Waals surface area (Å²) in [6.45, 7) is 14.3. The lowest BCUT2D eigenvalue weighted by Gasteiger charge is -2.30. The molecule has 0 heterocycles. The molecule has 2 nitrogen and oxygen atoms in total. The van der Waals surface area contributed by atoms with E-state index in [0.717, 1.165) is 22.7 Å². The van der Waals surface area contributed by atoms with Crippen LogP contribution in [0.2, 0.25) is 0 Å². The van der Waals surface area contributed by atoms with Crippen LogP contribution in [0.4, 0.5) is 34.1 Å². The molecule has 0 amide bonds. The van der Waals surface area contributed by atoms with Crippen LogP contribution in [0.1, 0.15) is 86.1 Å². The van der Waals surface area contributed by atoms with Crippen LogP contribution in [0.25, 0.3) is 56.3 Å². The molecule has 0 saturated heterocycles. The Balaban J connectivity index is 0.823. The van der Waals surface area contributed by atoms with Crippen LogP contribution in [-0.4, -0.2) is 0 Å². The Kier molecular flexibility index (Phi) is 9.61. The highest BCUT2D eigenvalue weighted by Crippen LogP contribution is 2.55. The maximum Gasteiger partial charge on any atom is 0.0540 e. The third-order valence-electron chi connectivity index (χ3n) is 16.2. The van der Waals surface area contributed by atoms with E-state index in [4.69, 9.17) is 0 Å². The number of anilines is 6. The predicted molar refractivity (Wildman–Crippen MR) is 301 cm³/mol. The van der Waals surface area contributed by atoms with Gasteiger partial charge in [0.25, 0.3) is 0 Å². The first kappa shape index (κ1) is 42.9. The predicted octanol–water partition coefficient (Wildman–Crippen LogP) is 18.9. The van der Waals surface area contributed by atoms with E-state index >= 15 is 0 Å². The molecule has 2 heteroatoms. The number of nitrogens with zero attached hydrogens (tertiary/aromatic N) is 2. The van der Waals surface area contributed by atoms with E-state index in [1.165, 1.54) is 100 Å². The lowest BCUT2D eigenvalue weighted by Crippen LogP contribution is -2.18. The van der Waals surface area contributed by atoms with Crippen LogP contribution in [0.3, 0.4) is 0 Å². The fraction of sp³-hybridized carbons (Fsp3) is 0.130. The van der Waals surface area contributed by atoms with Crippen molar-refractivity contribution in [2.45, 2.75) is 57.8 Å². The lowest BCUT2D eigenvalue weighted by molar-refractivity contribution is 0.659. The van der Waals surface area contributed by atoms with Gasteiger partial charge in [0, 0.05) is 50.1 Å². The quantitative estimate of drug-likeness (QED) is 0.140. The average Bonchev–Trinajstić information content (AvgIpc) is 3.87. The van der Waals surface area contributed by atoms with Gasteiger partial charge in [-0.05, 0) is 150 Å². The zero-order valence-electron chi connectivity index (χ0n) is 41.3. The van der Waals surface area contributed by atoms with E-state index in [-0.39, 0.29) is 16.2 Å². The van der Waals surface area contributed by atoms with Gasteiger partial charge >= 0.3 is 0 Å². The van der Waals surface area contributed by atoms with Crippen molar-refractivity contribution in [1.82, 2.24) is 0 Å². The number of fused-ring (bicyclic) bond motifs is 10. The minimum Gasteiger partial charge on any atom is -0.310 e. The molecule has 0 fully saturated rings. The van der Waals surface area contributed by atoms with Gasteiger partial charge in [0.1, 0.15) is 0 Å². The van der Waals surface area contributed by atoms with E-state index in [1.807, 2.05) is 0 Å². The highest BCUT2D eigenvalue weighted by Gasteiger charge is 2.39. The van der Waals surface area contributed by atoms with Crippen LogP contribution < -0.4 is 9.80 Å². The second-order valence-corrected chi connectivity index (χ2v) is 21.4. The molecular formula is C69H56N2. The molecular weight excluding hydrogens is 857 g/mol. The Hall–Kier alpha value is -8.20.